The molecule has 0 aliphatic heterocycles. The van der Waals surface area contributed by atoms with E-state index in [1.165, 1.54) is 12.3 Å². The van der Waals surface area contributed by atoms with Gasteiger partial charge in [0.25, 0.3) is 0 Å². The number of hydrogen-bond donors (Lipinski definition) is 3. The van der Waals surface area contributed by atoms with Crippen molar-refractivity contribution in [2.24, 2.45) is 0 Å². The van der Waals surface area contributed by atoms with E-state index in [0.29, 0.717) is 19.0 Å². The van der Waals surface area contributed by atoms with Crippen LogP contribution >= 0.6 is 11.3 Å². The Bertz CT molecular complexity index is 1510. The number of nitrogens with one attached hydrogen (secondary N) is 2. The standard InChI is InChI=1S/C29H33N5O7S2/c35-13-14-39-15-16-40-17-18-41-27(36)21-32-25-5-3-4-24(34-25)29(43(37,38)26-6-1-2-11-30-26)33-20-22-7-9-23(10-8-22)28-31-12-19-42-28/h1-12,19,29,33,35H,13-18,20-21H2,(H,32,34). The first kappa shape index (κ1) is 32.1. The Hall–Kier alpha value is -3.79. The number of aliphatic hydroxyl groups is 1. The molecule has 1 atom stereocenters. The lowest BCUT2D eigenvalue weighted by Gasteiger charge is -2.19. The molecule has 0 fully saturated rings. The number of carbonyl (C=O) groups excluding carboxylic acids is 1. The minimum absolute atomic E-state index is 0.0527. The molecule has 0 aliphatic carbocycles. The molecule has 1 aromatic carbocycles. The van der Waals surface area contributed by atoms with Gasteiger partial charge in [-0.25, -0.2) is 23.4 Å². The summed E-state index contributed by atoms with van der Waals surface area (Å²) in [6, 6.07) is 17.3. The number of thiazole rings is 1. The number of hydrogen-bond acceptors (Lipinski definition) is 13. The van der Waals surface area contributed by atoms with Gasteiger partial charge in [0.1, 0.15) is 24.0 Å². The zero-order valence-electron chi connectivity index (χ0n) is 23.3. The van der Waals surface area contributed by atoms with Gasteiger partial charge in [-0.2, -0.15) is 0 Å². The minimum atomic E-state index is -3.99. The first-order valence-electron chi connectivity index (χ1n) is 13.5. The van der Waals surface area contributed by atoms with E-state index in [1.54, 1.807) is 47.9 Å². The molecule has 0 saturated carbocycles. The van der Waals surface area contributed by atoms with E-state index >= 15 is 0 Å². The van der Waals surface area contributed by atoms with E-state index in [4.69, 9.17) is 19.3 Å². The summed E-state index contributed by atoms with van der Waals surface area (Å²) < 4.78 is 42.9. The molecule has 228 valence electrons. The predicted octanol–water partition coefficient (Wildman–Crippen LogP) is 2.84. The molecule has 0 radical (unpaired) electrons. The lowest BCUT2D eigenvalue weighted by molar-refractivity contribution is -0.143. The monoisotopic (exact) mass is 627 g/mol. The van der Waals surface area contributed by atoms with E-state index in [9.17, 15) is 13.2 Å². The van der Waals surface area contributed by atoms with Gasteiger partial charge in [0.05, 0.1) is 38.7 Å². The fourth-order valence-electron chi connectivity index (χ4n) is 3.86. The number of anilines is 1. The molecule has 0 bridgehead atoms. The van der Waals surface area contributed by atoms with Crippen LogP contribution < -0.4 is 10.6 Å². The Morgan fingerprint density at radius 1 is 0.907 bits per heavy atom. The quantitative estimate of drug-likeness (QED) is 0.109. The second kappa shape index (κ2) is 16.7. The number of esters is 1. The molecular formula is C29H33N5O7S2. The lowest BCUT2D eigenvalue weighted by atomic mass is 10.1. The number of carbonyl (C=O) groups is 1. The van der Waals surface area contributed by atoms with Gasteiger partial charge < -0.3 is 24.6 Å². The molecule has 12 nitrogen and oxygen atoms in total. The highest BCUT2D eigenvalue weighted by Gasteiger charge is 2.31. The van der Waals surface area contributed by atoms with Gasteiger partial charge in [-0.1, -0.05) is 36.4 Å². The summed E-state index contributed by atoms with van der Waals surface area (Å²) in [6.45, 7) is 1.19. The first-order chi connectivity index (χ1) is 21.0. The van der Waals surface area contributed by atoms with Gasteiger partial charge in [-0.3, -0.25) is 10.1 Å². The fraction of sp³-hybridized carbons (Fsp3) is 0.310. The normalized spacial score (nSPS) is 12.1. The number of ether oxygens (including phenoxy) is 3. The van der Waals surface area contributed by atoms with Crippen LogP contribution in [0.15, 0.2) is 83.5 Å². The van der Waals surface area contributed by atoms with Gasteiger partial charge in [0.2, 0.25) is 9.84 Å². The van der Waals surface area contributed by atoms with Gasteiger partial charge >= 0.3 is 5.97 Å². The van der Waals surface area contributed by atoms with E-state index in [0.717, 1.165) is 16.1 Å². The van der Waals surface area contributed by atoms with Crippen molar-refractivity contribution in [1.29, 1.82) is 0 Å². The molecular weight excluding hydrogens is 594 g/mol. The van der Waals surface area contributed by atoms with Crippen LogP contribution in [0.2, 0.25) is 0 Å². The molecule has 43 heavy (non-hydrogen) atoms. The molecule has 3 N–H and O–H groups in total. The molecule has 4 aromatic rings. The first-order valence-corrected chi connectivity index (χ1v) is 15.9. The van der Waals surface area contributed by atoms with Crippen molar-refractivity contribution >= 4 is 33.0 Å². The summed E-state index contributed by atoms with van der Waals surface area (Å²) in [5.74, 6) is -0.216. The van der Waals surface area contributed by atoms with E-state index < -0.39 is 21.2 Å². The van der Waals surface area contributed by atoms with Crippen LogP contribution in [0.3, 0.4) is 0 Å². The maximum Gasteiger partial charge on any atom is 0.325 e. The van der Waals surface area contributed by atoms with Crippen LogP contribution in [0.25, 0.3) is 10.6 Å². The van der Waals surface area contributed by atoms with Gasteiger partial charge in [0, 0.05) is 29.9 Å². The summed E-state index contributed by atoms with van der Waals surface area (Å²) in [4.78, 5) is 25.1. The Morgan fingerprint density at radius 3 is 2.42 bits per heavy atom. The summed E-state index contributed by atoms with van der Waals surface area (Å²) in [6.07, 6.45) is 3.17. The number of rotatable bonds is 18. The number of nitrogens with zero attached hydrogens (tertiary/aromatic N) is 3. The molecule has 4 rings (SSSR count). The van der Waals surface area contributed by atoms with Gasteiger partial charge in [-0.15, -0.1) is 11.3 Å². The molecule has 3 heterocycles. The SMILES string of the molecule is O=C(CNc1cccc(C(NCc2ccc(-c3nccs3)cc2)S(=O)(=O)c2ccccn2)n1)OCCOCCOCCO. The van der Waals surface area contributed by atoms with E-state index in [2.05, 4.69) is 25.6 Å². The van der Waals surface area contributed by atoms with Crippen LogP contribution in [-0.4, -0.2) is 80.6 Å². The third-order valence-corrected chi connectivity index (χ3v) is 8.59. The number of benzene rings is 1. The topological polar surface area (TPSA) is 162 Å². The highest BCUT2D eigenvalue weighted by molar-refractivity contribution is 7.91. The number of sulfone groups is 1. The second-order valence-corrected chi connectivity index (χ2v) is 11.9. The van der Waals surface area contributed by atoms with Crippen LogP contribution in [0.5, 0.6) is 0 Å². The highest BCUT2D eigenvalue weighted by atomic mass is 32.2. The number of pyridine rings is 2. The van der Waals surface area contributed by atoms with Crippen molar-refractivity contribution in [2.45, 2.75) is 16.9 Å². The Labute approximate surface area is 254 Å². The maximum absolute atomic E-state index is 13.7. The number of aromatic nitrogens is 3. The van der Waals surface area contributed by atoms with Crippen LogP contribution in [0.4, 0.5) is 5.82 Å². The van der Waals surface area contributed by atoms with Crippen molar-refractivity contribution in [3.8, 4) is 10.6 Å². The number of aliphatic hydroxyl groups excluding tert-OH is 1. The van der Waals surface area contributed by atoms with Crippen molar-refractivity contribution in [3.63, 3.8) is 0 Å². The summed E-state index contributed by atoms with van der Waals surface area (Å²) >= 11 is 1.54. The van der Waals surface area contributed by atoms with Gasteiger partial charge in [0.15, 0.2) is 10.4 Å². The van der Waals surface area contributed by atoms with Crippen molar-refractivity contribution in [2.75, 3.05) is 51.5 Å². The third-order valence-electron chi connectivity index (χ3n) is 5.92. The largest absolute Gasteiger partial charge is 0.462 e. The summed E-state index contributed by atoms with van der Waals surface area (Å²) in [5.41, 5.74) is 2.09. The highest BCUT2D eigenvalue weighted by Crippen LogP contribution is 2.26. The molecule has 3 aromatic heterocycles. The molecule has 0 saturated heterocycles. The molecule has 1 unspecified atom stereocenters. The molecule has 0 spiro atoms. The Kier molecular flexibility index (Phi) is 12.5. The zero-order chi connectivity index (χ0) is 30.3. The van der Waals surface area contributed by atoms with Crippen molar-refractivity contribution < 1.29 is 32.5 Å². The maximum atomic E-state index is 13.7. The Morgan fingerprint density at radius 2 is 1.70 bits per heavy atom. The third kappa shape index (κ3) is 9.88. The van der Waals surface area contributed by atoms with Crippen LogP contribution in [0, 0.1) is 0 Å². The van der Waals surface area contributed by atoms with Crippen molar-refractivity contribution in [3.05, 3.63) is 89.7 Å². The minimum Gasteiger partial charge on any atom is -0.462 e. The van der Waals surface area contributed by atoms with Crippen molar-refractivity contribution in [1.82, 2.24) is 20.3 Å². The smallest absolute Gasteiger partial charge is 0.325 e. The summed E-state index contributed by atoms with van der Waals surface area (Å²) in [7, 11) is -3.99. The molecule has 14 heteroatoms. The van der Waals surface area contributed by atoms with E-state index in [-0.39, 0.29) is 50.2 Å². The average molecular weight is 628 g/mol. The van der Waals surface area contributed by atoms with Gasteiger partial charge in [-0.05, 0) is 29.8 Å². The zero-order valence-corrected chi connectivity index (χ0v) is 24.9. The fourth-order valence-corrected chi connectivity index (χ4v) is 5.98. The van der Waals surface area contributed by atoms with Crippen LogP contribution in [0.1, 0.15) is 16.6 Å². The predicted molar refractivity (Wildman–Crippen MR) is 161 cm³/mol. The molecule has 0 amide bonds. The molecule has 0 aliphatic rings. The lowest BCUT2D eigenvalue weighted by Crippen LogP contribution is -2.30. The van der Waals surface area contributed by atoms with E-state index in [1.807, 2.05) is 29.6 Å². The Balaban J connectivity index is 1.39. The van der Waals surface area contributed by atoms with Crippen LogP contribution in [-0.2, 0) is 35.4 Å². The summed E-state index contributed by atoms with van der Waals surface area (Å²) in [5, 5.41) is 16.2. The average Bonchev–Trinajstić information content (AvgIpc) is 3.58. The second-order valence-electron chi connectivity index (χ2n) is 8.98.